The minimum atomic E-state index is 0.497. The molecule has 10 heteroatoms. The maximum atomic E-state index is 5.80. The highest BCUT2D eigenvalue weighted by Gasteiger charge is 2.09. The van der Waals surface area contributed by atoms with Crippen molar-refractivity contribution in [2.45, 2.75) is 13.3 Å². The van der Waals surface area contributed by atoms with Crippen LogP contribution in [0.15, 0.2) is 66.7 Å². The van der Waals surface area contributed by atoms with Gasteiger partial charge in [0.15, 0.2) is 5.65 Å². The number of hydrogen-bond acceptors (Lipinski definition) is 8. The van der Waals surface area contributed by atoms with Crippen LogP contribution < -0.4 is 20.1 Å². The molecule has 3 N–H and O–H groups in total. The molecule has 10 nitrogen and oxygen atoms in total. The van der Waals surface area contributed by atoms with Gasteiger partial charge < -0.3 is 25.1 Å². The first-order chi connectivity index (χ1) is 17.2. The molecule has 0 aliphatic rings. The summed E-state index contributed by atoms with van der Waals surface area (Å²) >= 11 is 0. The fourth-order valence-corrected chi connectivity index (χ4v) is 3.58. The third-order valence-corrected chi connectivity index (χ3v) is 5.39. The number of aromatic amines is 1. The molecule has 0 saturated heterocycles. The summed E-state index contributed by atoms with van der Waals surface area (Å²) in [6.45, 7) is 3.13. The number of benzene rings is 2. The van der Waals surface area contributed by atoms with E-state index in [4.69, 9.17) is 9.47 Å². The first-order valence-electron chi connectivity index (χ1n) is 11.4. The van der Waals surface area contributed by atoms with Gasteiger partial charge in [-0.15, -0.1) is 15.3 Å². The highest BCUT2D eigenvalue weighted by atomic mass is 16.5. The number of pyridine rings is 1. The van der Waals surface area contributed by atoms with E-state index in [-0.39, 0.29) is 0 Å². The first-order valence-corrected chi connectivity index (χ1v) is 11.4. The van der Waals surface area contributed by atoms with Crippen LogP contribution in [-0.2, 0) is 6.42 Å². The number of methoxy groups -OCH3 is 1. The molecular formula is C25H26N8O2. The van der Waals surface area contributed by atoms with E-state index in [9.17, 15) is 0 Å². The van der Waals surface area contributed by atoms with Crippen molar-refractivity contribution in [1.82, 2.24) is 29.8 Å². The number of aryl methyl sites for hydroxylation is 1. The molecule has 35 heavy (non-hydrogen) atoms. The van der Waals surface area contributed by atoms with Crippen LogP contribution in [0, 0.1) is 0 Å². The van der Waals surface area contributed by atoms with Gasteiger partial charge in [-0.2, -0.15) is 4.98 Å². The van der Waals surface area contributed by atoms with Crippen molar-refractivity contribution in [2.24, 2.45) is 0 Å². The Kier molecular flexibility index (Phi) is 6.42. The summed E-state index contributed by atoms with van der Waals surface area (Å²) in [5.41, 5.74) is 3.59. The minimum Gasteiger partial charge on any atom is -0.497 e. The molecule has 3 aromatic heterocycles. The number of nitrogens with one attached hydrogen (secondary N) is 3. The molecule has 0 amide bonds. The average molecular weight is 471 g/mol. The molecule has 0 spiro atoms. The molecular weight excluding hydrogens is 444 g/mol. The normalized spacial score (nSPS) is 10.9. The van der Waals surface area contributed by atoms with Crippen LogP contribution in [0.25, 0.3) is 16.9 Å². The number of nitrogens with zero attached hydrogens (tertiary/aromatic N) is 5. The van der Waals surface area contributed by atoms with Gasteiger partial charge in [-0.1, -0.05) is 13.0 Å². The molecule has 0 radical (unpaired) electrons. The Morgan fingerprint density at radius 3 is 2.49 bits per heavy atom. The molecule has 0 bridgehead atoms. The van der Waals surface area contributed by atoms with Crippen LogP contribution in [-0.4, -0.2) is 50.0 Å². The maximum absolute atomic E-state index is 5.80. The summed E-state index contributed by atoms with van der Waals surface area (Å²) in [6, 6.07) is 21.5. The zero-order valence-electron chi connectivity index (χ0n) is 19.5. The maximum Gasteiger partial charge on any atom is 0.247 e. The third kappa shape index (κ3) is 5.16. The zero-order valence-corrected chi connectivity index (χ0v) is 19.5. The molecule has 0 saturated carbocycles. The lowest BCUT2D eigenvalue weighted by Gasteiger charge is -2.08. The van der Waals surface area contributed by atoms with Crippen molar-refractivity contribution >= 4 is 23.2 Å². The van der Waals surface area contributed by atoms with E-state index in [1.54, 1.807) is 7.11 Å². The number of anilines is 3. The van der Waals surface area contributed by atoms with E-state index in [1.165, 1.54) is 0 Å². The second-order valence-electron chi connectivity index (χ2n) is 7.74. The van der Waals surface area contributed by atoms with Gasteiger partial charge in [-0.05, 0) is 60.7 Å². The van der Waals surface area contributed by atoms with E-state index in [0.717, 1.165) is 46.3 Å². The van der Waals surface area contributed by atoms with Gasteiger partial charge in [0.2, 0.25) is 11.9 Å². The molecule has 0 atom stereocenters. The van der Waals surface area contributed by atoms with Crippen molar-refractivity contribution in [3.8, 4) is 22.8 Å². The van der Waals surface area contributed by atoms with Crippen molar-refractivity contribution < 1.29 is 9.47 Å². The quantitative estimate of drug-likeness (QED) is 0.259. The Hall–Kier alpha value is -4.60. The number of H-pyrrole nitrogens is 1. The van der Waals surface area contributed by atoms with E-state index in [1.807, 2.05) is 78.2 Å². The van der Waals surface area contributed by atoms with Crippen molar-refractivity contribution in [3.63, 3.8) is 0 Å². The Balaban J connectivity index is 1.20. The number of ether oxygens (including phenoxy) is 2. The summed E-state index contributed by atoms with van der Waals surface area (Å²) in [7, 11) is 1.66. The van der Waals surface area contributed by atoms with Crippen LogP contribution in [0.4, 0.5) is 17.6 Å². The predicted octanol–water partition coefficient (Wildman–Crippen LogP) is 4.32. The molecule has 0 aliphatic heterocycles. The largest absolute Gasteiger partial charge is 0.497 e. The van der Waals surface area contributed by atoms with Crippen molar-refractivity contribution in [2.75, 3.05) is 30.9 Å². The minimum absolute atomic E-state index is 0.497. The summed E-state index contributed by atoms with van der Waals surface area (Å²) in [6.07, 6.45) is 0.819. The molecule has 5 rings (SSSR count). The highest BCUT2D eigenvalue weighted by Crippen LogP contribution is 2.24. The van der Waals surface area contributed by atoms with Gasteiger partial charge in [0.1, 0.15) is 23.9 Å². The van der Waals surface area contributed by atoms with E-state index < -0.39 is 0 Å². The standard InChI is InChI=1S/C25H26N8O2/c1-3-22-28-24(31-30-22)26-15-16-35-20-13-9-18(10-14-20)27-25-29-23-6-4-5-21(33(23)32-25)17-7-11-19(34-2)12-8-17/h4-14H,3,15-16H2,1-2H3,(H,27,32)(H2,26,28,30,31). The topological polar surface area (TPSA) is 114 Å². The van der Waals surface area contributed by atoms with Gasteiger partial charge in [0.25, 0.3) is 0 Å². The number of aromatic nitrogens is 6. The molecule has 0 unspecified atom stereocenters. The number of hydrogen-bond donors (Lipinski definition) is 3. The lowest BCUT2D eigenvalue weighted by atomic mass is 10.1. The molecule has 178 valence electrons. The monoisotopic (exact) mass is 470 g/mol. The molecule has 0 aliphatic carbocycles. The summed E-state index contributed by atoms with van der Waals surface area (Å²) in [4.78, 5) is 7.71. The Morgan fingerprint density at radius 2 is 1.74 bits per heavy atom. The van der Waals surface area contributed by atoms with Crippen molar-refractivity contribution in [1.29, 1.82) is 0 Å². The molecule has 3 heterocycles. The predicted molar refractivity (Wildman–Crippen MR) is 134 cm³/mol. The fourth-order valence-electron chi connectivity index (χ4n) is 3.58. The molecule has 5 aromatic rings. The third-order valence-electron chi connectivity index (χ3n) is 5.39. The Morgan fingerprint density at radius 1 is 0.943 bits per heavy atom. The highest BCUT2D eigenvalue weighted by molar-refractivity contribution is 5.65. The van der Waals surface area contributed by atoms with Gasteiger partial charge >= 0.3 is 0 Å². The first kappa shape index (κ1) is 22.2. The van der Waals surface area contributed by atoms with Gasteiger partial charge in [-0.3, -0.25) is 0 Å². The summed E-state index contributed by atoms with van der Waals surface area (Å²) in [5, 5.41) is 19.1. The van der Waals surface area contributed by atoms with Gasteiger partial charge in [0.05, 0.1) is 19.3 Å². The van der Waals surface area contributed by atoms with Crippen LogP contribution in [0.1, 0.15) is 12.7 Å². The summed E-state index contributed by atoms with van der Waals surface area (Å²) in [5.74, 6) is 3.61. The number of fused-ring (bicyclic) bond motifs is 1. The average Bonchev–Trinajstić information content (AvgIpc) is 3.54. The van der Waals surface area contributed by atoms with E-state index in [0.29, 0.717) is 25.0 Å². The van der Waals surface area contributed by atoms with Crippen LogP contribution >= 0.6 is 0 Å². The molecule has 0 fully saturated rings. The van der Waals surface area contributed by atoms with Crippen LogP contribution in [0.5, 0.6) is 11.5 Å². The Bertz CT molecular complexity index is 1390. The van der Waals surface area contributed by atoms with E-state index >= 15 is 0 Å². The van der Waals surface area contributed by atoms with Gasteiger partial charge in [0, 0.05) is 17.7 Å². The van der Waals surface area contributed by atoms with Crippen LogP contribution in [0.3, 0.4) is 0 Å². The van der Waals surface area contributed by atoms with Crippen molar-refractivity contribution in [3.05, 3.63) is 72.6 Å². The Labute approximate surface area is 202 Å². The molecule has 2 aromatic carbocycles. The number of rotatable bonds is 10. The second kappa shape index (κ2) is 10.1. The van der Waals surface area contributed by atoms with E-state index in [2.05, 4.69) is 35.9 Å². The lowest BCUT2D eigenvalue weighted by molar-refractivity contribution is 0.332. The zero-order chi connectivity index (χ0) is 24.0. The second-order valence-corrected chi connectivity index (χ2v) is 7.74. The SMILES string of the molecule is CCc1nnc(NCCOc2ccc(Nc3nc4cccc(-c5ccc(OC)cc5)n4n3)cc2)[nH]1. The summed E-state index contributed by atoms with van der Waals surface area (Å²) < 4.78 is 12.9. The van der Waals surface area contributed by atoms with Crippen LogP contribution in [0.2, 0.25) is 0 Å². The van der Waals surface area contributed by atoms with Gasteiger partial charge in [-0.25, -0.2) is 4.52 Å². The fraction of sp³-hybridized carbons (Fsp3) is 0.200. The lowest BCUT2D eigenvalue weighted by Crippen LogP contribution is -2.12. The smallest absolute Gasteiger partial charge is 0.247 e.